The van der Waals surface area contributed by atoms with Crippen molar-refractivity contribution in [3.8, 4) is 6.07 Å². The molecule has 0 heterocycles. The normalized spacial score (nSPS) is 20.6. The molecule has 2 aromatic rings. The quantitative estimate of drug-likeness (QED) is 0.778. The van der Waals surface area contributed by atoms with Crippen LogP contribution in [0.5, 0.6) is 0 Å². The molecular weight excluding hydrogens is 230 g/mol. The van der Waals surface area contributed by atoms with Gasteiger partial charge in [-0.15, -0.1) is 0 Å². The summed E-state index contributed by atoms with van der Waals surface area (Å²) >= 11 is 0. The third kappa shape index (κ3) is 2.30. The second-order valence-electron chi connectivity index (χ2n) is 4.95. The van der Waals surface area contributed by atoms with Crippen LogP contribution < -0.4 is 0 Å². The van der Waals surface area contributed by atoms with E-state index in [4.69, 9.17) is 0 Å². The molecule has 19 heavy (non-hydrogen) atoms. The van der Waals surface area contributed by atoms with E-state index in [2.05, 4.69) is 54.6 Å². The van der Waals surface area contributed by atoms with Crippen LogP contribution in [0.2, 0.25) is 0 Å². The van der Waals surface area contributed by atoms with Gasteiger partial charge in [0.1, 0.15) is 0 Å². The number of fused-ring (bicyclic) bond motifs is 1. The molecule has 0 fully saturated rings. The largest absolute Gasteiger partial charge is 0.198 e. The lowest BCUT2D eigenvalue weighted by Gasteiger charge is -2.24. The second kappa shape index (κ2) is 5.12. The van der Waals surface area contributed by atoms with Crippen LogP contribution in [0.25, 0.3) is 6.08 Å². The standard InChI is InChI=1S/C18H15N/c19-13-18-16(12-14-6-2-1-3-7-14)11-10-15-8-4-5-9-17(15)18/h1-11,16,18H,12H2. The van der Waals surface area contributed by atoms with Crippen molar-refractivity contribution < 1.29 is 0 Å². The number of allylic oxidation sites excluding steroid dienone is 1. The van der Waals surface area contributed by atoms with E-state index in [0.29, 0.717) is 0 Å². The molecule has 2 aromatic carbocycles. The predicted octanol–water partition coefficient (Wildman–Crippen LogP) is 4.18. The third-order valence-corrected chi connectivity index (χ3v) is 3.74. The molecule has 0 radical (unpaired) electrons. The second-order valence-corrected chi connectivity index (χ2v) is 4.95. The first-order chi connectivity index (χ1) is 9.38. The van der Waals surface area contributed by atoms with Crippen molar-refractivity contribution in [3.63, 3.8) is 0 Å². The molecule has 0 spiro atoms. The van der Waals surface area contributed by atoms with E-state index >= 15 is 0 Å². The maximum absolute atomic E-state index is 9.50. The van der Waals surface area contributed by atoms with Gasteiger partial charge >= 0.3 is 0 Å². The Kier molecular flexibility index (Phi) is 3.16. The highest BCUT2D eigenvalue weighted by Crippen LogP contribution is 2.35. The Morgan fingerprint density at radius 3 is 2.47 bits per heavy atom. The van der Waals surface area contributed by atoms with Gasteiger partial charge in [-0.2, -0.15) is 5.26 Å². The molecule has 0 aliphatic heterocycles. The van der Waals surface area contributed by atoms with E-state index in [1.807, 2.05) is 18.2 Å². The van der Waals surface area contributed by atoms with E-state index in [0.717, 1.165) is 12.0 Å². The van der Waals surface area contributed by atoms with E-state index < -0.39 is 0 Å². The van der Waals surface area contributed by atoms with E-state index in [9.17, 15) is 5.26 Å². The first-order valence-electron chi connectivity index (χ1n) is 6.59. The lowest BCUT2D eigenvalue weighted by Crippen LogP contribution is -2.16. The highest BCUT2D eigenvalue weighted by molar-refractivity contribution is 5.59. The average Bonchev–Trinajstić information content (AvgIpc) is 2.48. The Morgan fingerprint density at radius 2 is 1.68 bits per heavy atom. The molecule has 92 valence electrons. The lowest BCUT2D eigenvalue weighted by atomic mass is 9.77. The van der Waals surface area contributed by atoms with Crippen molar-refractivity contribution in [2.24, 2.45) is 5.92 Å². The summed E-state index contributed by atoms with van der Waals surface area (Å²) in [5, 5.41) is 9.50. The van der Waals surface area contributed by atoms with Gasteiger partial charge in [0, 0.05) is 5.92 Å². The van der Waals surface area contributed by atoms with Crippen LogP contribution in [0.4, 0.5) is 0 Å². The number of nitrogens with zero attached hydrogens (tertiary/aromatic N) is 1. The SMILES string of the molecule is N#CC1c2ccccc2C=CC1Cc1ccccc1. The Morgan fingerprint density at radius 1 is 0.947 bits per heavy atom. The van der Waals surface area contributed by atoms with Crippen LogP contribution in [0.15, 0.2) is 60.7 Å². The fraction of sp³-hybridized carbons (Fsp3) is 0.167. The van der Waals surface area contributed by atoms with Crippen molar-refractivity contribution in [2.45, 2.75) is 12.3 Å². The molecule has 1 heteroatoms. The van der Waals surface area contributed by atoms with Gasteiger partial charge in [-0.05, 0) is 23.1 Å². The zero-order valence-corrected chi connectivity index (χ0v) is 10.7. The summed E-state index contributed by atoms with van der Waals surface area (Å²) < 4.78 is 0. The first kappa shape index (κ1) is 11.7. The summed E-state index contributed by atoms with van der Waals surface area (Å²) in [6, 6.07) is 21.1. The Labute approximate surface area is 113 Å². The molecular formula is C18H15N. The fourth-order valence-electron chi connectivity index (χ4n) is 2.75. The number of hydrogen-bond acceptors (Lipinski definition) is 1. The molecule has 1 nitrogen and oxygen atoms in total. The minimum absolute atomic E-state index is 0.0404. The smallest absolute Gasteiger partial charge is 0.0784 e. The summed E-state index contributed by atoms with van der Waals surface area (Å²) in [5.41, 5.74) is 3.63. The molecule has 0 saturated carbocycles. The zero-order chi connectivity index (χ0) is 13.1. The van der Waals surface area contributed by atoms with Crippen LogP contribution in [-0.4, -0.2) is 0 Å². The van der Waals surface area contributed by atoms with E-state index in [1.165, 1.54) is 11.1 Å². The van der Waals surface area contributed by atoms with Crippen LogP contribution in [-0.2, 0) is 6.42 Å². The number of benzene rings is 2. The van der Waals surface area contributed by atoms with Gasteiger partial charge in [-0.3, -0.25) is 0 Å². The van der Waals surface area contributed by atoms with Gasteiger partial charge in [0.05, 0.1) is 12.0 Å². The maximum atomic E-state index is 9.50. The highest BCUT2D eigenvalue weighted by Gasteiger charge is 2.25. The Hall–Kier alpha value is -2.33. The molecule has 2 unspecified atom stereocenters. The summed E-state index contributed by atoms with van der Waals surface area (Å²) in [4.78, 5) is 0. The summed E-state index contributed by atoms with van der Waals surface area (Å²) in [6.45, 7) is 0. The minimum Gasteiger partial charge on any atom is -0.198 e. The Balaban J connectivity index is 1.91. The lowest BCUT2D eigenvalue weighted by molar-refractivity contribution is 0.584. The predicted molar refractivity (Wildman–Crippen MR) is 77.5 cm³/mol. The van der Waals surface area contributed by atoms with Gasteiger partial charge in [0.2, 0.25) is 0 Å². The number of nitriles is 1. The van der Waals surface area contributed by atoms with E-state index in [-0.39, 0.29) is 11.8 Å². The van der Waals surface area contributed by atoms with Gasteiger partial charge in [-0.25, -0.2) is 0 Å². The topological polar surface area (TPSA) is 23.8 Å². The highest BCUT2D eigenvalue weighted by atomic mass is 14.3. The molecule has 3 rings (SSSR count). The summed E-state index contributed by atoms with van der Waals surface area (Å²) in [5.74, 6) is 0.226. The van der Waals surface area contributed by atoms with Crippen molar-refractivity contribution in [2.75, 3.05) is 0 Å². The van der Waals surface area contributed by atoms with Crippen molar-refractivity contribution >= 4 is 6.08 Å². The first-order valence-corrected chi connectivity index (χ1v) is 6.59. The Bertz CT molecular complexity index is 634. The fourth-order valence-corrected chi connectivity index (χ4v) is 2.75. The molecule has 0 N–H and O–H groups in total. The number of hydrogen-bond donors (Lipinski definition) is 0. The van der Waals surface area contributed by atoms with Crippen molar-refractivity contribution in [1.82, 2.24) is 0 Å². The molecule has 2 atom stereocenters. The summed E-state index contributed by atoms with van der Waals surface area (Å²) in [7, 11) is 0. The van der Waals surface area contributed by atoms with Gasteiger partial charge in [0.15, 0.2) is 0 Å². The van der Waals surface area contributed by atoms with Gasteiger partial charge in [-0.1, -0.05) is 66.7 Å². The minimum atomic E-state index is -0.0404. The van der Waals surface area contributed by atoms with Crippen LogP contribution in [0.1, 0.15) is 22.6 Å². The van der Waals surface area contributed by atoms with Crippen LogP contribution in [0, 0.1) is 17.2 Å². The molecule has 0 amide bonds. The van der Waals surface area contributed by atoms with Crippen LogP contribution >= 0.6 is 0 Å². The zero-order valence-electron chi connectivity index (χ0n) is 10.7. The molecule has 1 aliphatic rings. The molecule has 1 aliphatic carbocycles. The van der Waals surface area contributed by atoms with Crippen LogP contribution in [0.3, 0.4) is 0 Å². The van der Waals surface area contributed by atoms with Gasteiger partial charge in [0.25, 0.3) is 0 Å². The van der Waals surface area contributed by atoms with Gasteiger partial charge < -0.3 is 0 Å². The number of rotatable bonds is 2. The van der Waals surface area contributed by atoms with E-state index in [1.54, 1.807) is 0 Å². The molecule has 0 aromatic heterocycles. The molecule has 0 saturated heterocycles. The van der Waals surface area contributed by atoms with Crippen molar-refractivity contribution in [1.29, 1.82) is 5.26 Å². The average molecular weight is 245 g/mol. The maximum Gasteiger partial charge on any atom is 0.0784 e. The monoisotopic (exact) mass is 245 g/mol. The van der Waals surface area contributed by atoms with Crippen molar-refractivity contribution in [3.05, 3.63) is 77.4 Å². The third-order valence-electron chi connectivity index (χ3n) is 3.74. The summed E-state index contributed by atoms with van der Waals surface area (Å²) in [6.07, 6.45) is 5.25. The molecule has 0 bridgehead atoms.